The van der Waals surface area contributed by atoms with Crippen molar-refractivity contribution in [2.75, 3.05) is 80.9 Å². The summed E-state index contributed by atoms with van der Waals surface area (Å²) in [5, 5.41) is 3.68. The molecule has 0 bridgehead atoms. The molecule has 2 aliphatic rings. The van der Waals surface area contributed by atoms with Crippen LogP contribution in [-0.2, 0) is 14.3 Å². The zero-order valence-corrected chi connectivity index (χ0v) is 16.5. The van der Waals surface area contributed by atoms with Gasteiger partial charge < -0.3 is 19.7 Å². The van der Waals surface area contributed by atoms with Gasteiger partial charge in [-0.25, -0.2) is 0 Å². The van der Waals surface area contributed by atoms with E-state index in [1.807, 2.05) is 18.2 Å². The Hall–Kier alpha value is -0.990. The van der Waals surface area contributed by atoms with Crippen LogP contribution in [0.1, 0.15) is 0 Å². The third-order valence-corrected chi connectivity index (χ3v) is 5.72. The van der Waals surface area contributed by atoms with E-state index in [1.54, 1.807) is 11.8 Å². The lowest BCUT2D eigenvalue weighted by atomic mass is 10.2. The summed E-state index contributed by atoms with van der Waals surface area (Å²) in [4.78, 5) is 16.9. The van der Waals surface area contributed by atoms with E-state index in [2.05, 4.69) is 15.1 Å². The van der Waals surface area contributed by atoms with Crippen molar-refractivity contribution in [1.29, 1.82) is 0 Å². The van der Waals surface area contributed by atoms with Gasteiger partial charge in [0.1, 0.15) is 0 Å². The molecule has 0 aliphatic carbocycles. The van der Waals surface area contributed by atoms with Gasteiger partial charge in [-0.05, 0) is 12.1 Å². The number of carbonyl (C=O) groups excluding carboxylic acids is 1. The zero-order valence-electron chi connectivity index (χ0n) is 14.9. The van der Waals surface area contributed by atoms with E-state index in [1.165, 1.54) is 0 Å². The molecule has 0 saturated carbocycles. The second-order valence-electron chi connectivity index (χ2n) is 6.29. The fourth-order valence-corrected chi connectivity index (χ4v) is 4.18. The van der Waals surface area contributed by atoms with E-state index in [0.29, 0.717) is 24.0 Å². The van der Waals surface area contributed by atoms with E-state index >= 15 is 0 Å². The number of amides is 1. The first-order valence-corrected chi connectivity index (χ1v) is 10.6. The van der Waals surface area contributed by atoms with Crippen molar-refractivity contribution in [2.45, 2.75) is 0 Å². The fourth-order valence-electron chi connectivity index (χ4n) is 3.09. The summed E-state index contributed by atoms with van der Waals surface area (Å²) in [7, 11) is 0. The van der Waals surface area contributed by atoms with Crippen LogP contribution in [0.4, 0.5) is 11.4 Å². The van der Waals surface area contributed by atoms with Gasteiger partial charge in [-0.15, -0.1) is 0 Å². The third-order valence-electron chi connectivity index (χ3n) is 4.48. The van der Waals surface area contributed by atoms with Gasteiger partial charge in [-0.2, -0.15) is 11.8 Å². The predicted octanol–water partition coefficient (Wildman–Crippen LogP) is 2.18. The number of anilines is 2. The Labute approximate surface area is 164 Å². The van der Waals surface area contributed by atoms with Gasteiger partial charge in [-0.1, -0.05) is 17.7 Å². The SMILES string of the molecule is O=C(CSCCN1CCOCC1)Nc1cccc(Cl)c1N1CCOCC1. The predicted molar refractivity (Wildman–Crippen MR) is 108 cm³/mol. The third kappa shape index (κ3) is 5.76. The van der Waals surface area contributed by atoms with Crippen LogP contribution in [-0.4, -0.2) is 81.5 Å². The van der Waals surface area contributed by atoms with E-state index in [4.69, 9.17) is 21.1 Å². The number of hydrogen-bond acceptors (Lipinski definition) is 6. The maximum Gasteiger partial charge on any atom is 0.234 e. The summed E-state index contributed by atoms with van der Waals surface area (Å²) in [5.41, 5.74) is 1.67. The van der Waals surface area contributed by atoms with Gasteiger partial charge in [0, 0.05) is 38.5 Å². The quantitative estimate of drug-likeness (QED) is 0.709. The molecule has 0 atom stereocenters. The van der Waals surface area contributed by atoms with E-state index in [9.17, 15) is 4.79 Å². The molecule has 1 N–H and O–H groups in total. The van der Waals surface area contributed by atoms with Crippen molar-refractivity contribution in [1.82, 2.24) is 4.90 Å². The number of nitrogens with zero attached hydrogens (tertiary/aromatic N) is 2. The highest BCUT2D eigenvalue weighted by molar-refractivity contribution is 7.99. The minimum atomic E-state index is 0.00811. The standard InChI is InChI=1S/C18H26ClN3O3S/c19-15-2-1-3-16(18(15)22-6-11-25-12-7-22)20-17(23)14-26-13-8-21-4-9-24-10-5-21/h1-3H,4-14H2,(H,20,23). The molecule has 1 amide bonds. The molecule has 3 rings (SSSR count). The maximum atomic E-state index is 12.4. The number of rotatable bonds is 7. The number of carbonyl (C=O) groups is 1. The van der Waals surface area contributed by atoms with Gasteiger partial charge in [0.05, 0.1) is 48.6 Å². The van der Waals surface area contributed by atoms with Crippen LogP contribution in [0.25, 0.3) is 0 Å². The number of benzene rings is 1. The molecule has 2 aliphatic heterocycles. The molecule has 1 aromatic rings. The Morgan fingerprint density at radius 3 is 2.54 bits per heavy atom. The number of morpholine rings is 2. The molecular weight excluding hydrogens is 374 g/mol. The molecule has 8 heteroatoms. The first-order chi connectivity index (χ1) is 12.7. The lowest BCUT2D eigenvalue weighted by Crippen LogP contribution is -2.37. The first kappa shape index (κ1) is 19.8. The highest BCUT2D eigenvalue weighted by Gasteiger charge is 2.19. The Morgan fingerprint density at radius 2 is 1.81 bits per heavy atom. The van der Waals surface area contributed by atoms with Crippen LogP contribution in [0.5, 0.6) is 0 Å². The van der Waals surface area contributed by atoms with Crippen LogP contribution < -0.4 is 10.2 Å². The molecule has 2 heterocycles. The van der Waals surface area contributed by atoms with Crippen molar-refractivity contribution in [3.8, 4) is 0 Å². The summed E-state index contributed by atoms with van der Waals surface area (Å²) in [6.45, 7) is 7.50. The molecule has 0 spiro atoms. The molecule has 2 saturated heterocycles. The molecule has 1 aromatic carbocycles. The van der Waals surface area contributed by atoms with Crippen LogP contribution in [0.15, 0.2) is 18.2 Å². The molecule has 6 nitrogen and oxygen atoms in total. The number of ether oxygens (including phenoxy) is 2. The van der Waals surface area contributed by atoms with Gasteiger partial charge in [0.2, 0.25) is 5.91 Å². The fraction of sp³-hybridized carbons (Fsp3) is 0.611. The molecule has 0 aromatic heterocycles. The van der Waals surface area contributed by atoms with Crippen molar-refractivity contribution in [2.24, 2.45) is 0 Å². The van der Waals surface area contributed by atoms with Crippen molar-refractivity contribution >= 4 is 40.6 Å². The molecule has 0 radical (unpaired) electrons. The average Bonchev–Trinajstić information content (AvgIpc) is 2.67. The topological polar surface area (TPSA) is 54.0 Å². The summed E-state index contributed by atoms with van der Waals surface area (Å²) in [6.07, 6.45) is 0. The monoisotopic (exact) mass is 399 g/mol. The minimum absolute atomic E-state index is 0.00811. The second kappa shape index (κ2) is 10.4. The number of hydrogen-bond donors (Lipinski definition) is 1. The average molecular weight is 400 g/mol. The summed E-state index contributed by atoms with van der Waals surface area (Å²) >= 11 is 8.06. The highest BCUT2D eigenvalue weighted by Crippen LogP contribution is 2.34. The Bertz CT molecular complexity index is 593. The van der Waals surface area contributed by atoms with E-state index < -0.39 is 0 Å². The van der Waals surface area contributed by atoms with Crippen LogP contribution in [0.3, 0.4) is 0 Å². The number of nitrogens with one attached hydrogen (secondary N) is 1. The van der Waals surface area contributed by atoms with Gasteiger partial charge >= 0.3 is 0 Å². The Kier molecular flexibility index (Phi) is 7.88. The lowest BCUT2D eigenvalue weighted by Gasteiger charge is -2.31. The van der Waals surface area contributed by atoms with Gasteiger partial charge in [0.25, 0.3) is 0 Å². The second-order valence-corrected chi connectivity index (χ2v) is 7.80. The first-order valence-electron chi connectivity index (χ1n) is 9.03. The van der Waals surface area contributed by atoms with Crippen molar-refractivity contribution < 1.29 is 14.3 Å². The van der Waals surface area contributed by atoms with Gasteiger partial charge in [0.15, 0.2) is 0 Å². The summed E-state index contributed by atoms with van der Waals surface area (Å²) in [5.74, 6) is 1.40. The van der Waals surface area contributed by atoms with E-state index in [0.717, 1.165) is 63.1 Å². The van der Waals surface area contributed by atoms with Crippen LogP contribution in [0.2, 0.25) is 5.02 Å². The lowest BCUT2D eigenvalue weighted by molar-refractivity contribution is -0.113. The summed E-state index contributed by atoms with van der Waals surface area (Å²) in [6, 6.07) is 5.64. The minimum Gasteiger partial charge on any atom is -0.379 e. The Balaban J connectivity index is 1.48. The van der Waals surface area contributed by atoms with E-state index in [-0.39, 0.29) is 5.91 Å². The normalized spacial score (nSPS) is 18.7. The maximum absolute atomic E-state index is 12.4. The van der Waals surface area contributed by atoms with Crippen molar-refractivity contribution in [3.63, 3.8) is 0 Å². The largest absolute Gasteiger partial charge is 0.379 e. The van der Waals surface area contributed by atoms with Gasteiger partial charge in [-0.3, -0.25) is 9.69 Å². The number of para-hydroxylation sites is 1. The molecule has 144 valence electrons. The van der Waals surface area contributed by atoms with Crippen LogP contribution >= 0.6 is 23.4 Å². The smallest absolute Gasteiger partial charge is 0.234 e. The molecule has 0 unspecified atom stereocenters. The zero-order chi connectivity index (χ0) is 18.2. The number of thioether (sulfide) groups is 1. The molecule has 26 heavy (non-hydrogen) atoms. The molecular formula is C18H26ClN3O3S. The molecule has 2 fully saturated rings. The van der Waals surface area contributed by atoms with Crippen molar-refractivity contribution in [3.05, 3.63) is 23.2 Å². The highest BCUT2D eigenvalue weighted by atomic mass is 35.5. The Morgan fingerprint density at radius 1 is 1.12 bits per heavy atom. The van der Waals surface area contributed by atoms with Crippen LogP contribution in [0, 0.1) is 0 Å². The summed E-state index contributed by atoms with van der Waals surface area (Å²) < 4.78 is 10.8. The number of halogens is 1.